The maximum atomic E-state index is 8.68. The molecule has 156 valence electrons. The van der Waals surface area contributed by atoms with E-state index >= 15 is 0 Å². The van der Waals surface area contributed by atoms with E-state index in [4.69, 9.17) is 5.11 Å². The highest BCUT2D eigenvalue weighted by molar-refractivity contribution is 5.35. The van der Waals surface area contributed by atoms with Crippen LogP contribution >= 0.6 is 0 Å². The number of allylic oxidation sites excluding steroid dienone is 17. The maximum absolute atomic E-state index is 8.68. The van der Waals surface area contributed by atoms with Crippen molar-refractivity contribution in [1.29, 1.82) is 0 Å². The molecule has 1 rings (SSSR count). The summed E-state index contributed by atoms with van der Waals surface area (Å²) in [4.78, 5) is 0. The lowest BCUT2D eigenvalue weighted by Crippen LogP contribution is -2.18. The molecule has 0 radical (unpaired) electrons. The van der Waals surface area contributed by atoms with Crippen LogP contribution in [0.3, 0.4) is 0 Å². The van der Waals surface area contributed by atoms with Gasteiger partial charge >= 0.3 is 0 Å². The van der Waals surface area contributed by atoms with E-state index in [9.17, 15) is 0 Å². The topological polar surface area (TPSA) is 20.2 Å². The summed E-state index contributed by atoms with van der Waals surface area (Å²) in [5.41, 5.74) is 5.70. The lowest BCUT2D eigenvalue weighted by Gasteiger charge is -2.32. The van der Waals surface area contributed by atoms with Gasteiger partial charge in [-0.2, -0.15) is 0 Å². The first kappa shape index (κ1) is 24.7. The molecule has 1 aliphatic carbocycles. The van der Waals surface area contributed by atoms with Gasteiger partial charge in [-0.05, 0) is 51.0 Å². The quantitative estimate of drug-likeness (QED) is 0.399. The molecule has 0 heterocycles. The first-order chi connectivity index (χ1) is 13.9. The number of hydrogen-bond acceptors (Lipinski definition) is 1. The van der Waals surface area contributed by atoms with Crippen molar-refractivity contribution in [2.45, 2.75) is 53.9 Å². The van der Waals surface area contributed by atoms with Crippen LogP contribution in [0.15, 0.2) is 107 Å². The van der Waals surface area contributed by atoms with E-state index in [2.05, 4.69) is 76.3 Å². The highest BCUT2D eigenvalue weighted by atomic mass is 16.2. The van der Waals surface area contributed by atoms with Gasteiger partial charge in [-0.15, -0.1) is 0 Å². The van der Waals surface area contributed by atoms with E-state index in [1.807, 2.05) is 37.3 Å². The summed E-state index contributed by atoms with van der Waals surface area (Å²) in [6.45, 7) is 11.2. The second-order valence-corrected chi connectivity index (χ2v) is 8.21. The van der Waals surface area contributed by atoms with Gasteiger partial charge in [0, 0.05) is 0 Å². The molecule has 0 aromatic carbocycles. The molecule has 0 saturated heterocycles. The molecular formula is C28H38O. The molecule has 0 aromatic heterocycles. The second kappa shape index (κ2) is 13.7. The van der Waals surface area contributed by atoms with Crippen LogP contribution in [0.5, 0.6) is 0 Å². The van der Waals surface area contributed by atoms with Crippen LogP contribution in [0.25, 0.3) is 0 Å². The standard InChI is InChI=1S/C28H38O/c1-24(18-12-13-19-25(2)17-10-8-14-23-29)16-9-6-7-11-21-27-26(3)20-15-22-28(27,4)5/h6-14,16-19,21,29H,15,20,22-23H2,1-5H3/b7-6+,13-12+,14-8+,16-9+,17-10+,21-11+,24-18+,25-19+. The third kappa shape index (κ3) is 10.7. The smallest absolute Gasteiger partial charge is 0.0615 e. The fourth-order valence-electron chi connectivity index (χ4n) is 3.37. The number of aliphatic hydroxyl groups excluding tert-OH is 1. The second-order valence-electron chi connectivity index (χ2n) is 8.21. The lowest BCUT2D eigenvalue weighted by atomic mass is 9.73. The van der Waals surface area contributed by atoms with Crippen molar-refractivity contribution >= 4 is 0 Å². The Balaban J connectivity index is 2.52. The van der Waals surface area contributed by atoms with Gasteiger partial charge in [0.05, 0.1) is 6.61 Å². The molecule has 1 aliphatic rings. The van der Waals surface area contributed by atoms with E-state index in [0.29, 0.717) is 5.41 Å². The zero-order valence-corrected chi connectivity index (χ0v) is 18.9. The molecule has 0 unspecified atom stereocenters. The predicted molar refractivity (Wildman–Crippen MR) is 130 cm³/mol. The van der Waals surface area contributed by atoms with Crippen LogP contribution in [-0.4, -0.2) is 11.7 Å². The average Bonchev–Trinajstić information content (AvgIpc) is 2.66. The van der Waals surface area contributed by atoms with Gasteiger partial charge < -0.3 is 5.11 Å². The zero-order chi connectivity index (χ0) is 21.5. The third-order valence-corrected chi connectivity index (χ3v) is 5.04. The highest BCUT2D eigenvalue weighted by Crippen LogP contribution is 2.40. The molecule has 0 atom stereocenters. The van der Waals surface area contributed by atoms with Crippen LogP contribution in [-0.2, 0) is 0 Å². The third-order valence-electron chi connectivity index (χ3n) is 5.04. The first-order valence-corrected chi connectivity index (χ1v) is 10.5. The molecule has 0 amide bonds. The van der Waals surface area contributed by atoms with Crippen LogP contribution < -0.4 is 0 Å². The summed E-state index contributed by atoms with van der Waals surface area (Å²) < 4.78 is 0. The minimum Gasteiger partial charge on any atom is -0.392 e. The van der Waals surface area contributed by atoms with Crippen molar-refractivity contribution in [2.24, 2.45) is 5.41 Å². The lowest BCUT2D eigenvalue weighted by molar-refractivity contribution is 0.343. The SMILES string of the molecule is CC1=C(/C=C/C=C/C=C/C(C)=C/C=C/C=C(C)/C=C/C=C/CO)C(C)(C)CCC1. The van der Waals surface area contributed by atoms with Gasteiger partial charge in [-0.3, -0.25) is 0 Å². The van der Waals surface area contributed by atoms with Crippen LogP contribution in [0, 0.1) is 5.41 Å². The van der Waals surface area contributed by atoms with Gasteiger partial charge in [-0.1, -0.05) is 116 Å². The summed E-state index contributed by atoms with van der Waals surface area (Å²) in [7, 11) is 0. The Kier molecular flexibility index (Phi) is 11.7. The van der Waals surface area contributed by atoms with Crippen molar-refractivity contribution in [2.75, 3.05) is 6.61 Å². The zero-order valence-electron chi connectivity index (χ0n) is 18.9. The molecule has 0 bridgehead atoms. The van der Waals surface area contributed by atoms with E-state index in [1.165, 1.54) is 36.0 Å². The maximum Gasteiger partial charge on any atom is 0.0615 e. The average molecular weight is 391 g/mol. The number of rotatable bonds is 9. The molecule has 1 heteroatoms. The normalized spacial score (nSPS) is 19.5. The van der Waals surface area contributed by atoms with Gasteiger partial charge in [0.15, 0.2) is 0 Å². The minimum absolute atomic E-state index is 0.0754. The summed E-state index contributed by atoms with van der Waals surface area (Å²) in [6, 6.07) is 0. The minimum atomic E-state index is 0.0754. The molecular weight excluding hydrogens is 352 g/mol. The Bertz CT molecular complexity index is 771. The Hall–Kier alpha value is -2.38. The summed E-state index contributed by atoms with van der Waals surface area (Å²) in [6.07, 6.45) is 32.4. The van der Waals surface area contributed by atoms with E-state index < -0.39 is 0 Å². The van der Waals surface area contributed by atoms with Crippen LogP contribution in [0.1, 0.15) is 53.9 Å². The largest absolute Gasteiger partial charge is 0.392 e. The Labute approximate surface area is 178 Å². The van der Waals surface area contributed by atoms with Gasteiger partial charge in [0.25, 0.3) is 0 Å². The van der Waals surface area contributed by atoms with E-state index in [1.54, 1.807) is 6.08 Å². The fourth-order valence-corrected chi connectivity index (χ4v) is 3.37. The summed E-state index contributed by atoms with van der Waals surface area (Å²) >= 11 is 0. The monoisotopic (exact) mass is 390 g/mol. The number of hydrogen-bond donors (Lipinski definition) is 1. The van der Waals surface area contributed by atoms with Crippen molar-refractivity contribution in [1.82, 2.24) is 0 Å². The molecule has 0 aromatic rings. The molecule has 0 spiro atoms. The van der Waals surface area contributed by atoms with Crippen molar-refractivity contribution in [3.63, 3.8) is 0 Å². The highest BCUT2D eigenvalue weighted by Gasteiger charge is 2.26. The Morgan fingerprint density at radius 3 is 2.03 bits per heavy atom. The predicted octanol–water partition coefficient (Wildman–Crippen LogP) is 7.74. The number of aliphatic hydroxyl groups is 1. The molecule has 1 N–H and O–H groups in total. The van der Waals surface area contributed by atoms with Gasteiger partial charge in [0.1, 0.15) is 0 Å². The van der Waals surface area contributed by atoms with Gasteiger partial charge in [-0.25, -0.2) is 0 Å². The van der Waals surface area contributed by atoms with Crippen LogP contribution in [0.2, 0.25) is 0 Å². The van der Waals surface area contributed by atoms with E-state index in [0.717, 1.165) is 5.57 Å². The van der Waals surface area contributed by atoms with Crippen molar-refractivity contribution < 1.29 is 5.11 Å². The molecule has 0 fully saturated rings. The van der Waals surface area contributed by atoms with Crippen LogP contribution in [0.4, 0.5) is 0 Å². The van der Waals surface area contributed by atoms with Crippen molar-refractivity contribution in [3.8, 4) is 0 Å². The molecule has 0 saturated carbocycles. The molecule has 29 heavy (non-hydrogen) atoms. The Morgan fingerprint density at radius 1 is 0.862 bits per heavy atom. The van der Waals surface area contributed by atoms with Gasteiger partial charge in [0.2, 0.25) is 0 Å². The molecule has 1 nitrogen and oxygen atoms in total. The first-order valence-electron chi connectivity index (χ1n) is 10.5. The Morgan fingerprint density at radius 2 is 1.45 bits per heavy atom. The fraction of sp³-hybridized carbons (Fsp3) is 0.357. The van der Waals surface area contributed by atoms with Crippen molar-refractivity contribution in [3.05, 3.63) is 107 Å². The summed E-state index contributed by atoms with van der Waals surface area (Å²) in [5.74, 6) is 0. The van der Waals surface area contributed by atoms with E-state index in [-0.39, 0.29) is 6.61 Å². The molecule has 0 aliphatic heterocycles. The summed E-state index contributed by atoms with van der Waals surface area (Å²) in [5, 5.41) is 8.68.